The maximum absolute atomic E-state index is 12.7. The van der Waals surface area contributed by atoms with E-state index < -0.39 is 12.1 Å². The van der Waals surface area contributed by atoms with Gasteiger partial charge in [-0.3, -0.25) is 9.48 Å². The normalized spacial score (nSPS) is 13.5. The summed E-state index contributed by atoms with van der Waals surface area (Å²) in [5.74, 6) is -1.01. The number of nitrogens with zero attached hydrogens (tertiary/aromatic N) is 4. The highest BCUT2D eigenvalue weighted by atomic mass is 19.4. The number of aryl methyl sites for hydroxylation is 1. The second-order valence-electron chi connectivity index (χ2n) is 8.70. The number of likely N-dealkylation sites (N-methyl/N-ethyl adjacent to an activating group) is 1. The van der Waals surface area contributed by atoms with Gasteiger partial charge in [0.2, 0.25) is 5.91 Å². The summed E-state index contributed by atoms with van der Waals surface area (Å²) in [4.78, 5) is 16.3. The number of nitriles is 1. The molecule has 1 amide bonds. The molecule has 7 nitrogen and oxygen atoms in total. The lowest BCUT2D eigenvalue weighted by molar-refractivity contribution is -0.149. The largest absolute Gasteiger partial charge is 0.396 e. The maximum Gasteiger partial charge on any atom is 0.396 e. The Balaban J connectivity index is 0.000000223. The van der Waals surface area contributed by atoms with Crippen molar-refractivity contribution in [3.63, 3.8) is 0 Å². The van der Waals surface area contributed by atoms with Crippen molar-refractivity contribution in [2.24, 2.45) is 7.05 Å². The molecule has 0 fully saturated rings. The number of alkyl halides is 3. The summed E-state index contributed by atoms with van der Waals surface area (Å²) in [5.41, 5.74) is 3.57. The van der Waals surface area contributed by atoms with Crippen LogP contribution < -0.4 is 10.6 Å². The number of nitrogens with one attached hydrogen (secondary N) is 2. The first-order valence-corrected chi connectivity index (χ1v) is 12.0. The van der Waals surface area contributed by atoms with Crippen LogP contribution in [-0.4, -0.2) is 40.4 Å². The van der Waals surface area contributed by atoms with Crippen molar-refractivity contribution in [3.05, 3.63) is 89.9 Å². The quantitative estimate of drug-likeness (QED) is 0.427. The van der Waals surface area contributed by atoms with Gasteiger partial charge >= 0.3 is 6.18 Å². The lowest BCUT2D eigenvalue weighted by Crippen LogP contribution is -2.29. The molecule has 0 spiro atoms. The molecule has 10 heteroatoms. The Bertz CT molecular complexity index is 1300. The molecule has 0 saturated heterocycles. The standard InChI is InChI=1S/C17H18N4O.C11H11F3N2/c1-21-12-15(11-19-21)14-7-8-16(18-10-14)20-17(22)9-13-5-3-2-4-6-13;1-16-7-10(11(12,13)14)9-4-2-8(6-15)3-5-9/h3,5-8,10-12H,2,4,9H2,1H3,(H,18,20,22);2-5,10,16H,7H2,1H3. The lowest BCUT2D eigenvalue weighted by atomic mass is 9.97. The SMILES string of the molecule is CNCC(c1ccc(C#N)cc1)C(F)(F)F.Cn1cc(-c2ccc(NC(=O)CC3=CCCC=C3)nc2)cn1. The number of benzene rings is 1. The monoisotopic (exact) mass is 522 g/mol. The summed E-state index contributed by atoms with van der Waals surface area (Å²) in [6.07, 6.45) is 9.87. The van der Waals surface area contributed by atoms with Gasteiger partial charge in [0.05, 0.1) is 30.2 Å². The third-order valence-corrected chi connectivity index (χ3v) is 5.75. The van der Waals surface area contributed by atoms with Crippen LogP contribution in [0.3, 0.4) is 0 Å². The number of pyridine rings is 1. The van der Waals surface area contributed by atoms with Crippen molar-refractivity contribution in [1.82, 2.24) is 20.1 Å². The third kappa shape index (κ3) is 8.42. The van der Waals surface area contributed by atoms with Gasteiger partial charge in [-0.05, 0) is 55.3 Å². The molecule has 2 aromatic heterocycles. The van der Waals surface area contributed by atoms with Crippen molar-refractivity contribution in [2.45, 2.75) is 31.4 Å². The summed E-state index contributed by atoms with van der Waals surface area (Å²) >= 11 is 0. The van der Waals surface area contributed by atoms with Crippen molar-refractivity contribution >= 4 is 11.7 Å². The number of halogens is 3. The first kappa shape index (κ1) is 28.3. The van der Waals surface area contributed by atoms with Gasteiger partial charge in [-0.2, -0.15) is 23.5 Å². The smallest absolute Gasteiger partial charge is 0.319 e. The Morgan fingerprint density at radius 2 is 1.89 bits per heavy atom. The Kier molecular flexibility index (Phi) is 9.96. The molecule has 3 aromatic rings. The number of hydrogen-bond donors (Lipinski definition) is 2. The average Bonchev–Trinajstić information content (AvgIpc) is 3.34. The molecule has 0 aliphatic heterocycles. The van der Waals surface area contributed by atoms with Crippen LogP contribution in [0.2, 0.25) is 0 Å². The van der Waals surface area contributed by atoms with E-state index in [9.17, 15) is 18.0 Å². The summed E-state index contributed by atoms with van der Waals surface area (Å²) in [6, 6.07) is 11.1. The molecule has 2 N–H and O–H groups in total. The van der Waals surface area contributed by atoms with Crippen LogP contribution in [0.5, 0.6) is 0 Å². The van der Waals surface area contributed by atoms with E-state index in [1.54, 1.807) is 17.1 Å². The fraction of sp³-hybridized carbons (Fsp3) is 0.286. The number of hydrogen-bond acceptors (Lipinski definition) is 5. The number of carbonyl (C=O) groups is 1. The number of anilines is 1. The zero-order chi connectivity index (χ0) is 27.5. The van der Waals surface area contributed by atoms with E-state index in [-0.39, 0.29) is 18.0 Å². The minimum atomic E-state index is -4.28. The predicted molar refractivity (Wildman–Crippen MR) is 140 cm³/mol. The Morgan fingerprint density at radius 3 is 2.42 bits per heavy atom. The van der Waals surface area contributed by atoms with Gasteiger partial charge in [0.15, 0.2) is 0 Å². The molecular formula is C28H29F3N6O. The fourth-order valence-corrected chi connectivity index (χ4v) is 3.80. The van der Waals surface area contributed by atoms with E-state index >= 15 is 0 Å². The van der Waals surface area contributed by atoms with Crippen LogP contribution in [-0.2, 0) is 11.8 Å². The van der Waals surface area contributed by atoms with Crippen LogP contribution in [0.1, 0.15) is 36.3 Å². The Labute approximate surface area is 219 Å². The fourth-order valence-electron chi connectivity index (χ4n) is 3.80. The van der Waals surface area contributed by atoms with Gasteiger partial charge in [0.25, 0.3) is 0 Å². The highest BCUT2D eigenvalue weighted by Gasteiger charge is 2.40. The molecule has 1 unspecified atom stereocenters. The molecule has 38 heavy (non-hydrogen) atoms. The minimum Gasteiger partial charge on any atom is -0.319 e. The van der Waals surface area contributed by atoms with E-state index in [4.69, 9.17) is 5.26 Å². The second-order valence-corrected chi connectivity index (χ2v) is 8.70. The third-order valence-electron chi connectivity index (χ3n) is 5.75. The van der Waals surface area contributed by atoms with Crippen molar-refractivity contribution in [2.75, 3.05) is 18.9 Å². The molecule has 0 bridgehead atoms. The number of allylic oxidation sites excluding steroid dienone is 3. The molecule has 1 aromatic carbocycles. The van der Waals surface area contributed by atoms with Gasteiger partial charge in [-0.25, -0.2) is 4.98 Å². The maximum atomic E-state index is 12.7. The molecule has 198 valence electrons. The van der Waals surface area contributed by atoms with Gasteiger partial charge in [-0.1, -0.05) is 30.4 Å². The van der Waals surface area contributed by atoms with Gasteiger partial charge in [-0.15, -0.1) is 0 Å². The highest BCUT2D eigenvalue weighted by molar-refractivity contribution is 5.91. The number of amides is 1. The van der Waals surface area contributed by atoms with Crippen LogP contribution >= 0.6 is 0 Å². The molecule has 0 saturated carbocycles. The summed E-state index contributed by atoms with van der Waals surface area (Å²) in [7, 11) is 3.35. The zero-order valence-corrected chi connectivity index (χ0v) is 21.2. The molecule has 2 heterocycles. The lowest BCUT2D eigenvalue weighted by Gasteiger charge is -2.20. The molecule has 1 aliphatic rings. The van der Waals surface area contributed by atoms with E-state index in [1.165, 1.54) is 31.3 Å². The van der Waals surface area contributed by atoms with E-state index in [0.717, 1.165) is 29.5 Å². The molecule has 0 radical (unpaired) electrons. The second kappa shape index (κ2) is 13.4. The summed E-state index contributed by atoms with van der Waals surface area (Å²) in [5, 5.41) is 18.0. The summed E-state index contributed by atoms with van der Waals surface area (Å²) < 4.78 is 39.8. The van der Waals surface area contributed by atoms with Crippen LogP contribution in [0, 0.1) is 11.3 Å². The molecule has 4 rings (SSSR count). The minimum absolute atomic E-state index is 0.0422. The van der Waals surface area contributed by atoms with Crippen molar-refractivity contribution in [1.29, 1.82) is 5.26 Å². The van der Waals surface area contributed by atoms with E-state index in [0.29, 0.717) is 17.8 Å². The topological polar surface area (TPSA) is 95.6 Å². The van der Waals surface area contributed by atoms with E-state index in [1.807, 2.05) is 37.5 Å². The number of aromatic nitrogens is 3. The van der Waals surface area contributed by atoms with Crippen LogP contribution in [0.15, 0.2) is 78.8 Å². The predicted octanol–water partition coefficient (Wildman–Crippen LogP) is 5.51. The van der Waals surface area contributed by atoms with E-state index in [2.05, 4.69) is 32.9 Å². The van der Waals surface area contributed by atoms with Gasteiger partial charge in [0.1, 0.15) is 5.82 Å². The average molecular weight is 523 g/mol. The first-order chi connectivity index (χ1) is 18.2. The first-order valence-electron chi connectivity index (χ1n) is 12.0. The summed E-state index contributed by atoms with van der Waals surface area (Å²) in [6.45, 7) is -0.171. The van der Waals surface area contributed by atoms with Crippen LogP contribution in [0.4, 0.5) is 19.0 Å². The van der Waals surface area contributed by atoms with Crippen molar-refractivity contribution in [3.8, 4) is 17.2 Å². The zero-order valence-electron chi connectivity index (χ0n) is 21.2. The number of rotatable bonds is 7. The number of carbonyl (C=O) groups excluding carboxylic acids is 1. The van der Waals surface area contributed by atoms with Gasteiger partial charge < -0.3 is 10.6 Å². The van der Waals surface area contributed by atoms with Gasteiger partial charge in [0, 0.05) is 37.1 Å². The van der Waals surface area contributed by atoms with Crippen LogP contribution in [0.25, 0.3) is 11.1 Å². The van der Waals surface area contributed by atoms with Crippen molar-refractivity contribution < 1.29 is 18.0 Å². The Hall–Kier alpha value is -4.23. The molecular weight excluding hydrogens is 493 g/mol. The Morgan fingerprint density at radius 1 is 1.13 bits per heavy atom. The molecule has 1 aliphatic carbocycles. The highest BCUT2D eigenvalue weighted by Crippen LogP contribution is 2.34. The molecule has 1 atom stereocenters.